The van der Waals surface area contributed by atoms with Gasteiger partial charge in [-0.15, -0.1) is 0 Å². The number of amides is 1. The number of benzene rings is 1. The molecule has 1 aromatic heterocycles. The van der Waals surface area contributed by atoms with Gasteiger partial charge < -0.3 is 15.5 Å². The van der Waals surface area contributed by atoms with Crippen LogP contribution < -0.4 is 10.6 Å². The van der Waals surface area contributed by atoms with E-state index in [0.29, 0.717) is 23.2 Å². The Balaban J connectivity index is 1.63. The second kappa shape index (κ2) is 8.09. The fourth-order valence-corrected chi connectivity index (χ4v) is 2.97. The molecule has 2 heterocycles. The molecule has 1 aliphatic rings. The lowest BCUT2D eigenvalue weighted by Gasteiger charge is -2.29. The van der Waals surface area contributed by atoms with Crippen LogP contribution >= 0.6 is 0 Å². The van der Waals surface area contributed by atoms with E-state index in [4.69, 9.17) is 0 Å². The Bertz CT molecular complexity index is 831. The summed E-state index contributed by atoms with van der Waals surface area (Å²) in [4.78, 5) is 33.6. The van der Waals surface area contributed by atoms with E-state index in [-0.39, 0.29) is 11.3 Å². The number of aryl methyl sites for hydroxylation is 1. The average molecular weight is 370 g/mol. The van der Waals surface area contributed by atoms with Gasteiger partial charge in [-0.2, -0.15) is 0 Å². The number of carbonyl (C=O) groups is 1. The molecule has 0 saturated carbocycles. The standard InChI is InChI=1S/C18H22N6O3/c1-12-3-4-15(24(26)27)9-16(12)17(25)21-14-10-19-18(20-11-14)22-13-5-7-23(2)8-6-13/h3-4,9-11,13H,5-8H2,1-2H3,(H,21,25)(H,19,20,22). The van der Waals surface area contributed by atoms with Crippen LogP contribution in [0.1, 0.15) is 28.8 Å². The maximum atomic E-state index is 12.4. The summed E-state index contributed by atoms with van der Waals surface area (Å²) < 4.78 is 0. The minimum absolute atomic E-state index is 0.125. The summed E-state index contributed by atoms with van der Waals surface area (Å²) in [5.74, 6) is 0.0879. The summed E-state index contributed by atoms with van der Waals surface area (Å²) in [6, 6.07) is 4.53. The van der Waals surface area contributed by atoms with Crippen molar-refractivity contribution < 1.29 is 9.72 Å². The van der Waals surface area contributed by atoms with Crippen molar-refractivity contribution in [1.29, 1.82) is 0 Å². The van der Waals surface area contributed by atoms with Crippen LogP contribution in [0.15, 0.2) is 30.6 Å². The second-order valence-electron chi connectivity index (χ2n) is 6.73. The Morgan fingerprint density at radius 1 is 1.26 bits per heavy atom. The lowest BCUT2D eigenvalue weighted by molar-refractivity contribution is -0.384. The predicted molar refractivity (Wildman–Crippen MR) is 102 cm³/mol. The molecule has 0 atom stereocenters. The molecular weight excluding hydrogens is 348 g/mol. The number of rotatable bonds is 5. The maximum Gasteiger partial charge on any atom is 0.270 e. The average Bonchev–Trinajstić information content (AvgIpc) is 2.65. The first kappa shape index (κ1) is 18.7. The Kier molecular flexibility index (Phi) is 5.60. The lowest BCUT2D eigenvalue weighted by atomic mass is 10.1. The number of anilines is 2. The first-order valence-electron chi connectivity index (χ1n) is 8.76. The SMILES string of the molecule is Cc1ccc([N+](=O)[O-])cc1C(=O)Nc1cnc(NC2CCN(C)CC2)nc1. The van der Waals surface area contributed by atoms with Crippen molar-refractivity contribution in [2.45, 2.75) is 25.8 Å². The molecule has 9 heteroatoms. The predicted octanol–water partition coefficient (Wildman–Crippen LogP) is 2.45. The van der Waals surface area contributed by atoms with E-state index in [1.165, 1.54) is 24.5 Å². The number of nitrogens with zero attached hydrogens (tertiary/aromatic N) is 4. The van der Waals surface area contributed by atoms with Crippen LogP contribution in [0.4, 0.5) is 17.3 Å². The van der Waals surface area contributed by atoms with Gasteiger partial charge in [0.25, 0.3) is 11.6 Å². The zero-order valence-electron chi connectivity index (χ0n) is 15.3. The molecule has 1 fully saturated rings. The number of nitro groups is 1. The van der Waals surface area contributed by atoms with Crippen molar-refractivity contribution in [1.82, 2.24) is 14.9 Å². The third-order valence-electron chi connectivity index (χ3n) is 4.64. The summed E-state index contributed by atoms with van der Waals surface area (Å²) in [5.41, 5.74) is 1.21. The molecule has 9 nitrogen and oxygen atoms in total. The molecule has 0 radical (unpaired) electrons. The smallest absolute Gasteiger partial charge is 0.270 e. The summed E-state index contributed by atoms with van der Waals surface area (Å²) in [6.07, 6.45) is 5.11. The molecule has 2 N–H and O–H groups in total. The van der Waals surface area contributed by atoms with E-state index in [1.807, 2.05) is 0 Å². The summed E-state index contributed by atoms with van der Waals surface area (Å²) >= 11 is 0. The van der Waals surface area contributed by atoms with Gasteiger partial charge in [-0.1, -0.05) is 6.07 Å². The van der Waals surface area contributed by atoms with E-state index >= 15 is 0 Å². The molecule has 0 unspecified atom stereocenters. The normalized spacial score (nSPS) is 15.3. The molecular formula is C18H22N6O3. The Morgan fingerprint density at radius 3 is 2.56 bits per heavy atom. The van der Waals surface area contributed by atoms with Crippen LogP contribution in [0, 0.1) is 17.0 Å². The van der Waals surface area contributed by atoms with E-state index in [9.17, 15) is 14.9 Å². The fourth-order valence-electron chi connectivity index (χ4n) is 2.97. The highest BCUT2D eigenvalue weighted by Gasteiger charge is 2.18. The van der Waals surface area contributed by atoms with Gasteiger partial charge in [-0.3, -0.25) is 14.9 Å². The van der Waals surface area contributed by atoms with Crippen LogP contribution in [-0.2, 0) is 0 Å². The van der Waals surface area contributed by atoms with E-state index in [2.05, 4.69) is 32.5 Å². The van der Waals surface area contributed by atoms with Gasteiger partial charge in [0.05, 0.1) is 23.0 Å². The van der Waals surface area contributed by atoms with Gasteiger partial charge in [0.2, 0.25) is 5.95 Å². The van der Waals surface area contributed by atoms with Gasteiger partial charge in [0.15, 0.2) is 0 Å². The highest BCUT2D eigenvalue weighted by atomic mass is 16.6. The summed E-state index contributed by atoms with van der Waals surface area (Å²) in [5, 5.41) is 16.9. The number of carbonyl (C=O) groups excluding carboxylic acids is 1. The first-order valence-corrected chi connectivity index (χ1v) is 8.76. The number of hydrogen-bond acceptors (Lipinski definition) is 7. The topological polar surface area (TPSA) is 113 Å². The molecule has 2 aromatic rings. The fraction of sp³-hybridized carbons (Fsp3) is 0.389. The van der Waals surface area contributed by atoms with Crippen molar-refractivity contribution in [2.24, 2.45) is 0 Å². The minimum atomic E-state index is -0.525. The monoisotopic (exact) mass is 370 g/mol. The van der Waals surface area contributed by atoms with Crippen LogP contribution in [0.3, 0.4) is 0 Å². The van der Waals surface area contributed by atoms with Crippen LogP contribution in [-0.4, -0.2) is 51.9 Å². The van der Waals surface area contributed by atoms with E-state index in [1.54, 1.807) is 13.0 Å². The van der Waals surface area contributed by atoms with Gasteiger partial charge in [-0.05, 0) is 45.5 Å². The molecule has 1 aliphatic heterocycles. The van der Waals surface area contributed by atoms with Crippen LogP contribution in [0.5, 0.6) is 0 Å². The van der Waals surface area contributed by atoms with Crippen molar-refractivity contribution in [3.05, 3.63) is 51.8 Å². The number of likely N-dealkylation sites (tertiary alicyclic amines) is 1. The Hall–Kier alpha value is -3.07. The van der Waals surface area contributed by atoms with Gasteiger partial charge in [-0.25, -0.2) is 9.97 Å². The largest absolute Gasteiger partial charge is 0.351 e. The molecule has 3 rings (SSSR count). The van der Waals surface area contributed by atoms with Gasteiger partial charge in [0, 0.05) is 23.7 Å². The molecule has 0 spiro atoms. The molecule has 1 saturated heterocycles. The minimum Gasteiger partial charge on any atom is -0.351 e. The molecule has 0 aliphatic carbocycles. The Labute approximate surface area is 157 Å². The molecule has 1 aromatic carbocycles. The number of hydrogen-bond donors (Lipinski definition) is 2. The van der Waals surface area contributed by atoms with Crippen LogP contribution in [0.2, 0.25) is 0 Å². The molecule has 27 heavy (non-hydrogen) atoms. The summed E-state index contributed by atoms with van der Waals surface area (Å²) in [6.45, 7) is 3.80. The first-order chi connectivity index (χ1) is 12.9. The van der Waals surface area contributed by atoms with Gasteiger partial charge in [0.1, 0.15) is 0 Å². The second-order valence-corrected chi connectivity index (χ2v) is 6.73. The zero-order chi connectivity index (χ0) is 19.4. The maximum absolute atomic E-state index is 12.4. The number of aromatic nitrogens is 2. The van der Waals surface area contributed by atoms with Crippen molar-refractivity contribution in [3.8, 4) is 0 Å². The zero-order valence-corrected chi connectivity index (χ0v) is 15.3. The van der Waals surface area contributed by atoms with Crippen molar-refractivity contribution in [3.63, 3.8) is 0 Å². The lowest BCUT2D eigenvalue weighted by Crippen LogP contribution is -2.37. The number of nitro benzene ring substituents is 1. The number of nitrogens with one attached hydrogen (secondary N) is 2. The van der Waals surface area contributed by atoms with Crippen molar-refractivity contribution >= 4 is 23.2 Å². The van der Waals surface area contributed by atoms with Gasteiger partial charge >= 0.3 is 0 Å². The number of non-ortho nitro benzene ring substituents is 1. The quantitative estimate of drug-likeness (QED) is 0.614. The Morgan fingerprint density at radius 2 is 1.93 bits per heavy atom. The summed E-state index contributed by atoms with van der Waals surface area (Å²) in [7, 11) is 2.10. The molecule has 0 bridgehead atoms. The molecule has 1 amide bonds. The third-order valence-corrected chi connectivity index (χ3v) is 4.64. The van der Waals surface area contributed by atoms with E-state index < -0.39 is 10.8 Å². The van der Waals surface area contributed by atoms with Crippen molar-refractivity contribution in [2.75, 3.05) is 30.8 Å². The number of piperidine rings is 1. The molecule has 142 valence electrons. The van der Waals surface area contributed by atoms with Crippen LogP contribution in [0.25, 0.3) is 0 Å². The highest BCUT2D eigenvalue weighted by Crippen LogP contribution is 2.19. The third kappa shape index (κ3) is 4.76. The van der Waals surface area contributed by atoms with E-state index in [0.717, 1.165) is 25.9 Å². The highest BCUT2D eigenvalue weighted by molar-refractivity contribution is 6.05.